The van der Waals surface area contributed by atoms with E-state index in [1.165, 1.54) is 17.7 Å². The third-order valence-electron chi connectivity index (χ3n) is 1.76. The molecule has 1 heterocycles. The first-order valence-electron chi connectivity index (χ1n) is 4.73. The summed E-state index contributed by atoms with van der Waals surface area (Å²) in [6.45, 7) is 8.30. The maximum absolute atomic E-state index is 4.15. The van der Waals surface area contributed by atoms with Crippen LogP contribution in [0.1, 0.15) is 38.4 Å². The fraction of sp³-hybridized carbons (Fsp3) is 0.700. The molecule has 0 atom stereocenters. The molecule has 0 amide bonds. The lowest BCUT2D eigenvalue weighted by molar-refractivity contribution is 0.695. The van der Waals surface area contributed by atoms with Gasteiger partial charge in [-0.3, -0.25) is 4.68 Å². The summed E-state index contributed by atoms with van der Waals surface area (Å²) in [5.41, 5.74) is 2.67. The Morgan fingerprint density at radius 2 is 2.00 bits per heavy atom. The van der Waals surface area contributed by atoms with Crippen molar-refractivity contribution in [1.82, 2.24) is 9.78 Å². The average molecular weight is 168 g/mol. The Morgan fingerprint density at radius 3 is 2.33 bits per heavy atom. The van der Waals surface area contributed by atoms with E-state index >= 15 is 0 Å². The Morgan fingerprint density at radius 1 is 1.42 bits per heavy atom. The molecule has 0 N–H and O–H groups in total. The van der Waals surface area contributed by atoms with Crippen LogP contribution in [0.2, 0.25) is 0 Å². The third kappa shape index (κ3) is 2.68. The lowest BCUT2D eigenvalue weighted by Gasteiger charge is -1.99. The number of nitrogens with zero attached hydrogens (tertiary/aromatic N) is 2. The average Bonchev–Trinajstić information content (AvgIpc) is 2.40. The van der Waals surface area contributed by atoms with Crippen LogP contribution in [0.5, 0.6) is 0 Å². The summed E-state index contributed by atoms with van der Waals surface area (Å²) in [7, 11) is 2.00. The first kappa shape index (κ1) is 11.2. The van der Waals surface area contributed by atoms with Crippen LogP contribution in [0, 0.1) is 6.92 Å². The van der Waals surface area contributed by atoms with Gasteiger partial charge in [0.1, 0.15) is 0 Å². The SMILES string of the molecule is CC.CCCc1c(C)cnn1C. The van der Waals surface area contributed by atoms with Gasteiger partial charge in [0.05, 0.1) is 6.20 Å². The second kappa shape index (κ2) is 5.81. The van der Waals surface area contributed by atoms with Gasteiger partial charge >= 0.3 is 0 Å². The summed E-state index contributed by atoms with van der Waals surface area (Å²) in [6.07, 6.45) is 4.26. The van der Waals surface area contributed by atoms with E-state index in [-0.39, 0.29) is 0 Å². The highest BCUT2D eigenvalue weighted by Crippen LogP contribution is 2.07. The van der Waals surface area contributed by atoms with E-state index in [1.807, 2.05) is 31.8 Å². The molecule has 0 aliphatic rings. The predicted octanol–water partition coefficient (Wildman–Crippen LogP) is 2.71. The van der Waals surface area contributed by atoms with Crippen LogP contribution >= 0.6 is 0 Å². The van der Waals surface area contributed by atoms with Crippen molar-refractivity contribution in [2.45, 2.75) is 40.5 Å². The zero-order valence-corrected chi connectivity index (χ0v) is 8.89. The van der Waals surface area contributed by atoms with Gasteiger partial charge in [-0.05, 0) is 18.9 Å². The summed E-state index contributed by atoms with van der Waals surface area (Å²) in [5.74, 6) is 0. The summed E-state index contributed by atoms with van der Waals surface area (Å²) in [4.78, 5) is 0. The molecule has 0 saturated carbocycles. The highest BCUT2D eigenvalue weighted by atomic mass is 15.3. The van der Waals surface area contributed by atoms with Crippen LogP contribution in [0.25, 0.3) is 0 Å². The standard InChI is InChI=1S/C8H14N2.C2H6/c1-4-5-8-7(2)6-9-10(8)3;1-2/h6H,4-5H2,1-3H3;1-2H3. The fourth-order valence-electron chi connectivity index (χ4n) is 1.17. The van der Waals surface area contributed by atoms with Gasteiger partial charge in [0.15, 0.2) is 0 Å². The Labute approximate surface area is 75.6 Å². The van der Waals surface area contributed by atoms with Crippen LogP contribution < -0.4 is 0 Å². The Balaban J connectivity index is 0.000000561. The van der Waals surface area contributed by atoms with Crippen molar-refractivity contribution in [3.05, 3.63) is 17.5 Å². The van der Waals surface area contributed by atoms with Gasteiger partial charge < -0.3 is 0 Å². The van der Waals surface area contributed by atoms with Crippen LogP contribution in [-0.2, 0) is 13.5 Å². The molecule has 1 aromatic rings. The van der Waals surface area contributed by atoms with E-state index in [9.17, 15) is 0 Å². The number of aromatic nitrogens is 2. The molecular weight excluding hydrogens is 148 g/mol. The Hall–Kier alpha value is -0.790. The lowest BCUT2D eigenvalue weighted by Crippen LogP contribution is -1.98. The Kier molecular flexibility index (Phi) is 5.43. The molecule has 0 aliphatic heterocycles. The van der Waals surface area contributed by atoms with Crippen molar-refractivity contribution in [2.75, 3.05) is 0 Å². The van der Waals surface area contributed by atoms with Crippen molar-refractivity contribution < 1.29 is 0 Å². The molecule has 0 saturated heterocycles. The van der Waals surface area contributed by atoms with Crippen LogP contribution in [0.3, 0.4) is 0 Å². The van der Waals surface area contributed by atoms with E-state index in [1.54, 1.807) is 0 Å². The molecular formula is C10H20N2. The zero-order chi connectivity index (χ0) is 9.56. The molecule has 1 rings (SSSR count). The molecule has 1 aromatic heterocycles. The third-order valence-corrected chi connectivity index (χ3v) is 1.76. The summed E-state index contributed by atoms with van der Waals surface area (Å²) in [5, 5.41) is 4.15. The highest BCUT2D eigenvalue weighted by molar-refractivity contribution is 5.14. The van der Waals surface area contributed by atoms with Crippen LogP contribution in [0.4, 0.5) is 0 Å². The van der Waals surface area contributed by atoms with E-state index in [4.69, 9.17) is 0 Å². The van der Waals surface area contributed by atoms with Crippen molar-refractivity contribution in [3.8, 4) is 0 Å². The maximum Gasteiger partial charge on any atom is 0.0521 e. The minimum absolute atomic E-state index is 1.14. The van der Waals surface area contributed by atoms with Gasteiger partial charge in [-0.2, -0.15) is 5.10 Å². The fourth-order valence-corrected chi connectivity index (χ4v) is 1.17. The monoisotopic (exact) mass is 168 g/mol. The summed E-state index contributed by atoms with van der Waals surface area (Å²) >= 11 is 0. The van der Waals surface area contributed by atoms with Gasteiger partial charge in [0.25, 0.3) is 0 Å². The van der Waals surface area contributed by atoms with Crippen LogP contribution in [-0.4, -0.2) is 9.78 Å². The number of rotatable bonds is 2. The van der Waals surface area contributed by atoms with Crippen molar-refractivity contribution in [1.29, 1.82) is 0 Å². The smallest absolute Gasteiger partial charge is 0.0521 e. The predicted molar refractivity (Wildman–Crippen MR) is 53.3 cm³/mol. The number of hydrogen-bond acceptors (Lipinski definition) is 1. The van der Waals surface area contributed by atoms with Gasteiger partial charge in [-0.25, -0.2) is 0 Å². The van der Waals surface area contributed by atoms with Gasteiger partial charge in [-0.15, -0.1) is 0 Å². The molecule has 2 heteroatoms. The van der Waals surface area contributed by atoms with Gasteiger partial charge in [0.2, 0.25) is 0 Å². The van der Waals surface area contributed by atoms with E-state index in [0.717, 1.165) is 6.42 Å². The second-order valence-corrected chi connectivity index (χ2v) is 2.65. The van der Waals surface area contributed by atoms with Crippen molar-refractivity contribution in [2.24, 2.45) is 7.05 Å². The van der Waals surface area contributed by atoms with Gasteiger partial charge in [0, 0.05) is 12.7 Å². The largest absolute Gasteiger partial charge is 0.272 e. The minimum atomic E-state index is 1.14. The molecule has 0 unspecified atom stereocenters. The van der Waals surface area contributed by atoms with Crippen LogP contribution in [0.15, 0.2) is 6.20 Å². The van der Waals surface area contributed by atoms with Crippen molar-refractivity contribution in [3.63, 3.8) is 0 Å². The van der Waals surface area contributed by atoms with E-state index in [2.05, 4.69) is 18.9 Å². The quantitative estimate of drug-likeness (QED) is 0.664. The van der Waals surface area contributed by atoms with Gasteiger partial charge in [-0.1, -0.05) is 27.2 Å². The Bertz CT molecular complexity index is 194. The minimum Gasteiger partial charge on any atom is -0.272 e. The molecule has 0 radical (unpaired) electrons. The molecule has 70 valence electrons. The van der Waals surface area contributed by atoms with E-state index in [0.29, 0.717) is 0 Å². The molecule has 0 aliphatic carbocycles. The van der Waals surface area contributed by atoms with Crippen molar-refractivity contribution >= 4 is 0 Å². The first-order chi connectivity index (χ1) is 5.75. The normalized spacial score (nSPS) is 9.08. The lowest BCUT2D eigenvalue weighted by atomic mass is 10.2. The summed E-state index contributed by atoms with van der Waals surface area (Å²) in [6, 6.07) is 0. The van der Waals surface area contributed by atoms with E-state index < -0.39 is 0 Å². The summed E-state index contributed by atoms with van der Waals surface area (Å²) < 4.78 is 1.96. The molecule has 0 fully saturated rings. The number of aryl methyl sites for hydroxylation is 2. The first-order valence-corrected chi connectivity index (χ1v) is 4.73. The maximum atomic E-state index is 4.15. The molecule has 0 spiro atoms. The highest BCUT2D eigenvalue weighted by Gasteiger charge is 2.00. The second-order valence-electron chi connectivity index (χ2n) is 2.65. The number of hydrogen-bond donors (Lipinski definition) is 0. The zero-order valence-electron chi connectivity index (χ0n) is 8.89. The topological polar surface area (TPSA) is 17.8 Å². The molecule has 0 bridgehead atoms. The molecule has 12 heavy (non-hydrogen) atoms. The molecule has 2 nitrogen and oxygen atoms in total. The molecule has 0 aromatic carbocycles.